The number of ether oxygens (including phenoxy) is 1. The van der Waals surface area contributed by atoms with Crippen LogP contribution in [0.1, 0.15) is 36.7 Å². The van der Waals surface area contributed by atoms with Crippen LogP contribution in [0.3, 0.4) is 0 Å². The van der Waals surface area contributed by atoms with E-state index in [9.17, 15) is 9.59 Å². The third-order valence-electron chi connectivity index (χ3n) is 3.92. The molecule has 2 rings (SSSR count). The van der Waals surface area contributed by atoms with Crippen LogP contribution >= 0.6 is 11.6 Å². The molecule has 0 radical (unpaired) electrons. The molecular formula is C21H24ClN3O3. The van der Waals surface area contributed by atoms with E-state index in [0.29, 0.717) is 17.2 Å². The Hall–Kier alpha value is -2.86. The van der Waals surface area contributed by atoms with Gasteiger partial charge in [0.1, 0.15) is 11.8 Å². The first-order valence-corrected chi connectivity index (χ1v) is 9.40. The summed E-state index contributed by atoms with van der Waals surface area (Å²) in [6.45, 7) is 6.22. The molecule has 2 amide bonds. The fourth-order valence-corrected chi connectivity index (χ4v) is 2.54. The zero-order valence-corrected chi connectivity index (χ0v) is 16.9. The zero-order valence-electron chi connectivity index (χ0n) is 16.1. The van der Waals surface area contributed by atoms with Crippen LogP contribution in [0.25, 0.3) is 0 Å². The van der Waals surface area contributed by atoms with E-state index in [1.807, 2.05) is 45.0 Å². The lowest BCUT2D eigenvalue weighted by atomic mass is 10.0. The van der Waals surface area contributed by atoms with Crippen LogP contribution in [0.15, 0.2) is 53.6 Å². The van der Waals surface area contributed by atoms with Crippen molar-refractivity contribution in [3.8, 4) is 5.75 Å². The normalized spacial score (nSPS) is 12.0. The molecule has 0 aromatic heterocycles. The topological polar surface area (TPSA) is 79.8 Å². The minimum Gasteiger partial charge on any atom is -0.494 e. The number of benzene rings is 2. The summed E-state index contributed by atoms with van der Waals surface area (Å²) in [7, 11) is 0. The molecule has 2 aromatic rings. The van der Waals surface area contributed by atoms with Crippen molar-refractivity contribution < 1.29 is 14.3 Å². The van der Waals surface area contributed by atoms with Crippen LogP contribution < -0.4 is 15.5 Å². The monoisotopic (exact) mass is 401 g/mol. The average molecular weight is 402 g/mol. The standard InChI is InChI=1S/C21H24ClN3O3/c1-4-28-18-11-5-15(6-12-18)13-23-25-21(27)19(14(2)3)24-20(26)16-7-9-17(22)10-8-16/h5-14,19H,4H2,1-3H3,(H,24,26)(H,25,27). The summed E-state index contributed by atoms with van der Waals surface area (Å²) >= 11 is 5.84. The maximum absolute atomic E-state index is 12.5. The summed E-state index contributed by atoms with van der Waals surface area (Å²) in [5.41, 5.74) is 3.73. The number of halogens is 1. The van der Waals surface area contributed by atoms with Gasteiger partial charge in [0, 0.05) is 10.6 Å². The molecule has 0 aliphatic rings. The Labute approximate surface area is 169 Å². The number of nitrogens with one attached hydrogen (secondary N) is 2. The number of hydrogen-bond donors (Lipinski definition) is 2. The second-order valence-corrected chi connectivity index (χ2v) is 6.87. The molecule has 0 spiro atoms. The van der Waals surface area contributed by atoms with Crippen molar-refractivity contribution in [3.05, 3.63) is 64.7 Å². The first kappa shape index (κ1) is 21.4. The number of carbonyl (C=O) groups excluding carboxylic acids is 2. The van der Waals surface area contributed by atoms with Crippen LogP contribution in [0.2, 0.25) is 5.02 Å². The largest absolute Gasteiger partial charge is 0.494 e. The molecule has 148 valence electrons. The van der Waals surface area contributed by atoms with Gasteiger partial charge in [0.05, 0.1) is 12.8 Å². The summed E-state index contributed by atoms with van der Waals surface area (Å²) in [6.07, 6.45) is 1.53. The predicted octanol–water partition coefficient (Wildman–Crippen LogP) is 3.64. The van der Waals surface area contributed by atoms with Crippen LogP contribution in [0.5, 0.6) is 5.75 Å². The SMILES string of the molecule is CCOc1ccc(C=NNC(=O)C(NC(=O)c2ccc(Cl)cc2)C(C)C)cc1. The molecule has 2 N–H and O–H groups in total. The lowest BCUT2D eigenvalue weighted by Crippen LogP contribution is -2.48. The molecule has 28 heavy (non-hydrogen) atoms. The second kappa shape index (κ2) is 10.5. The third-order valence-corrected chi connectivity index (χ3v) is 4.17. The average Bonchev–Trinajstić information content (AvgIpc) is 2.67. The minimum absolute atomic E-state index is 0.114. The lowest BCUT2D eigenvalue weighted by Gasteiger charge is -2.20. The molecule has 0 saturated carbocycles. The lowest BCUT2D eigenvalue weighted by molar-refractivity contribution is -0.123. The Morgan fingerprint density at radius 1 is 1.11 bits per heavy atom. The summed E-state index contributed by atoms with van der Waals surface area (Å²) in [5.74, 6) is -0.0779. The van der Waals surface area contributed by atoms with Gasteiger partial charge in [-0.3, -0.25) is 9.59 Å². The van der Waals surface area contributed by atoms with Gasteiger partial charge in [-0.1, -0.05) is 25.4 Å². The van der Waals surface area contributed by atoms with E-state index >= 15 is 0 Å². The zero-order chi connectivity index (χ0) is 20.5. The first-order valence-electron chi connectivity index (χ1n) is 9.03. The van der Waals surface area contributed by atoms with Crippen molar-refractivity contribution >= 4 is 29.6 Å². The summed E-state index contributed by atoms with van der Waals surface area (Å²) in [4.78, 5) is 24.8. The molecule has 0 aliphatic heterocycles. The van der Waals surface area contributed by atoms with E-state index in [2.05, 4.69) is 15.8 Å². The highest BCUT2D eigenvalue weighted by molar-refractivity contribution is 6.30. The molecule has 0 bridgehead atoms. The molecule has 2 aromatic carbocycles. The van der Waals surface area contributed by atoms with E-state index in [1.165, 1.54) is 6.21 Å². The highest BCUT2D eigenvalue weighted by Crippen LogP contribution is 2.12. The van der Waals surface area contributed by atoms with Gasteiger partial charge in [-0.15, -0.1) is 0 Å². The molecule has 7 heteroatoms. The van der Waals surface area contributed by atoms with Crippen molar-refractivity contribution in [1.29, 1.82) is 0 Å². The highest BCUT2D eigenvalue weighted by atomic mass is 35.5. The van der Waals surface area contributed by atoms with Crippen molar-refractivity contribution in [1.82, 2.24) is 10.7 Å². The molecule has 0 saturated heterocycles. The number of nitrogens with zero attached hydrogens (tertiary/aromatic N) is 1. The van der Waals surface area contributed by atoms with Crippen molar-refractivity contribution in [2.24, 2.45) is 11.0 Å². The van der Waals surface area contributed by atoms with Gasteiger partial charge in [-0.05, 0) is 66.9 Å². The van der Waals surface area contributed by atoms with Gasteiger partial charge in [-0.2, -0.15) is 5.10 Å². The number of hydrogen-bond acceptors (Lipinski definition) is 4. The Balaban J connectivity index is 1.96. The smallest absolute Gasteiger partial charge is 0.262 e. The molecule has 6 nitrogen and oxygen atoms in total. The van der Waals surface area contributed by atoms with Gasteiger partial charge in [0.15, 0.2) is 0 Å². The maximum atomic E-state index is 12.5. The van der Waals surface area contributed by atoms with Gasteiger partial charge < -0.3 is 10.1 Å². The van der Waals surface area contributed by atoms with Crippen molar-refractivity contribution in [2.75, 3.05) is 6.61 Å². The van der Waals surface area contributed by atoms with Crippen molar-refractivity contribution in [2.45, 2.75) is 26.8 Å². The van der Waals surface area contributed by atoms with Crippen LogP contribution in [-0.4, -0.2) is 30.7 Å². The predicted molar refractivity (Wildman–Crippen MR) is 111 cm³/mol. The van der Waals surface area contributed by atoms with Gasteiger partial charge in [-0.25, -0.2) is 5.43 Å². The Morgan fingerprint density at radius 2 is 1.75 bits per heavy atom. The molecule has 1 atom stereocenters. The molecular weight excluding hydrogens is 378 g/mol. The molecule has 0 fully saturated rings. The maximum Gasteiger partial charge on any atom is 0.262 e. The Morgan fingerprint density at radius 3 is 2.32 bits per heavy atom. The van der Waals surface area contributed by atoms with Crippen LogP contribution in [0, 0.1) is 5.92 Å². The summed E-state index contributed by atoms with van der Waals surface area (Å²) < 4.78 is 5.38. The van der Waals surface area contributed by atoms with Gasteiger partial charge in [0.2, 0.25) is 0 Å². The van der Waals surface area contributed by atoms with Crippen LogP contribution in [-0.2, 0) is 4.79 Å². The van der Waals surface area contributed by atoms with Gasteiger partial charge in [0.25, 0.3) is 11.8 Å². The Bertz CT molecular complexity index is 818. The van der Waals surface area contributed by atoms with E-state index in [0.717, 1.165) is 11.3 Å². The van der Waals surface area contributed by atoms with Gasteiger partial charge >= 0.3 is 0 Å². The van der Waals surface area contributed by atoms with Crippen LogP contribution in [0.4, 0.5) is 0 Å². The second-order valence-electron chi connectivity index (χ2n) is 6.44. The van der Waals surface area contributed by atoms with E-state index in [4.69, 9.17) is 16.3 Å². The highest BCUT2D eigenvalue weighted by Gasteiger charge is 2.24. The fraction of sp³-hybridized carbons (Fsp3) is 0.286. The third kappa shape index (κ3) is 6.39. The number of amides is 2. The number of hydrazone groups is 1. The number of rotatable bonds is 8. The minimum atomic E-state index is -0.722. The number of carbonyl (C=O) groups is 2. The molecule has 0 aliphatic carbocycles. The van der Waals surface area contributed by atoms with E-state index < -0.39 is 6.04 Å². The summed E-state index contributed by atoms with van der Waals surface area (Å²) in [5, 5.41) is 7.26. The Kier molecular flexibility index (Phi) is 8.02. The van der Waals surface area contributed by atoms with E-state index in [1.54, 1.807) is 24.3 Å². The quantitative estimate of drug-likeness (QED) is 0.523. The fourth-order valence-electron chi connectivity index (χ4n) is 2.42. The molecule has 0 heterocycles. The van der Waals surface area contributed by atoms with Crippen molar-refractivity contribution in [3.63, 3.8) is 0 Å². The van der Waals surface area contributed by atoms with E-state index in [-0.39, 0.29) is 17.7 Å². The summed E-state index contributed by atoms with van der Waals surface area (Å²) in [6, 6.07) is 13.1. The first-order chi connectivity index (χ1) is 13.4. The molecule has 1 unspecified atom stereocenters.